The van der Waals surface area contributed by atoms with E-state index in [-0.39, 0.29) is 0 Å². The molecule has 0 amide bonds. The summed E-state index contributed by atoms with van der Waals surface area (Å²) < 4.78 is 11.3. The van der Waals surface area contributed by atoms with Crippen molar-refractivity contribution in [1.82, 2.24) is 15.2 Å². The Morgan fingerprint density at radius 3 is 2.80 bits per heavy atom. The standard InChI is InChI=1S/C24H36N4O2/c1-21-8-9-24(27-19-21)26-11-5-10-25-20-22-6-4-7-23(18-22)30-15-3-2-12-28-13-16-29-17-14-28/h4,6-9,18-19,25H,2-3,5,10-17,20H2,1H3,(H,26,27). The number of hydrogen-bond donors (Lipinski definition) is 2. The molecule has 1 aromatic heterocycles. The zero-order valence-electron chi connectivity index (χ0n) is 18.2. The predicted octanol–water partition coefficient (Wildman–Crippen LogP) is 3.47. The summed E-state index contributed by atoms with van der Waals surface area (Å²) in [5, 5.41) is 6.86. The van der Waals surface area contributed by atoms with Crippen molar-refractivity contribution in [3.8, 4) is 5.75 Å². The Hall–Kier alpha value is -2.15. The van der Waals surface area contributed by atoms with Gasteiger partial charge in [-0.05, 0) is 68.6 Å². The number of hydrogen-bond acceptors (Lipinski definition) is 6. The van der Waals surface area contributed by atoms with Crippen LogP contribution in [-0.2, 0) is 11.3 Å². The highest BCUT2D eigenvalue weighted by Gasteiger charge is 2.09. The maximum atomic E-state index is 5.95. The number of nitrogens with one attached hydrogen (secondary N) is 2. The van der Waals surface area contributed by atoms with Crippen molar-refractivity contribution in [2.45, 2.75) is 32.7 Å². The van der Waals surface area contributed by atoms with Gasteiger partial charge < -0.3 is 20.1 Å². The molecular formula is C24H36N4O2. The Labute approximate surface area is 181 Å². The number of unbranched alkanes of at least 4 members (excludes halogenated alkanes) is 1. The Kier molecular flexibility index (Phi) is 9.92. The molecule has 6 nitrogen and oxygen atoms in total. The minimum atomic E-state index is 0.778. The molecule has 0 unspecified atom stereocenters. The van der Waals surface area contributed by atoms with Crippen molar-refractivity contribution in [2.75, 3.05) is 57.9 Å². The second-order valence-electron chi connectivity index (χ2n) is 7.83. The fourth-order valence-electron chi connectivity index (χ4n) is 3.43. The van der Waals surface area contributed by atoms with Gasteiger partial charge in [-0.1, -0.05) is 18.2 Å². The topological polar surface area (TPSA) is 58.7 Å². The van der Waals surface area contributed by atoms with Gasteiger partial charge in [0.2, 0.25) is 0 Å². The van der Waals surface area contributed by atoms with Gasteiger partial charge >= 0.3 is 0 Å². The second kappa shape index (κ2) is 13.2. The maximum absolute atomic E-state index is 5.95. The van der Waals surface area contributed by atoms with Crippen LogP contribution in [0.15, 0.2) is 42.6 Å². The number of anilines is 1. The van der Waals surface area contributed by atoms with Gasteiger partial charge in [0, 0.05) is 32.4 Å². The summed E-state index contributed by atoms with van der Waals surface area (Å²) >= 11 is 0. The van der Waals surface area contributed by atoms with Crippen LogP contribution in [0.4, 0.5) is 5.82 Å². The van der Waals surface area contributed by atoms with E-state index in [2.05, 4.69) is 44.8 Å². The number of benzene rings is 1. The summed E-state index contributed by atoms with van der Waals surface area (Å²) in [7, 11) is 0. The SMILES string of the molecule is Cc1ccc(NCCCNCc2cccc(OCCCCN3CCOCC3)c2)nc1. The van der Waals surface area contributed by atoms with E-state index in [1.165, 1.54) is 17.5 Å². The first-order valence-corrected chi connectivity index (χ1v) is 11.2. The highest BCUT2D eigenvalue weighted by molar-refractivity contribution is 5.34. The maximum Gasteiger partial charge on any atom is 0.125 e. The third kappa shape index (κ3) is 8.69. The number of rotatable bonds is 13. The molecule has 164 valence electrons. The van der Waals surface area contributed by atoms with Crippen LogP contribution in [0.2, 0.25) is 0 Å². The molecule has 0 saturated carbocycles. The normalized spacial score (nSPS) is 14.6. The quantitative estimate of drug-likeness (QED) is 0.491. The van der Waals surface area contributed by atoms with Crippen LogP contribution < -0.4 is 15.4 Å². The minimum Gasteiger partial charge on any atom is -0.494 e. The molecule has 2 N–H and O–H groups in total. The van der Waals surface area contributed by atoms with E-state index in [4.69, 9.17) is 9.47 Å². The fourth-order valence-corrected chi connectivity index (χ4v) is 3.43. The molecule has 1 aliphatic rings. The van der Waals surface area contributed by atoms with E-state index >= 15 is 0 Å². The van der Waals surface area contributed by atoms with E-state index in [9.17, 15) is 0 Å². The average Bonchev–Trinajstić information content (AvgIpc) is 2.78. The number of morpholine rings is 1. The fraction of sp³-hybridized carbons (Fsp3) is 0.542. The highest BCUT2D eigenvalue weighted by Crippen LogP contribution is 2.14. The molecule has 1 saturated heterocycles. The Morgan fingerprint density at radius 2 is 1.97 bits per heavy atom. The third-order valence-corrected chi connectivity index (χ3v) is 5.22. The molecule has 0 radical (unpaired) electrons. The lowest BCUT2D eigenvalue weighted by Crippen LogP contribution is -2.36. The van der Waals surface area contributed by atoms with Crippen molar-refractivity contribution in [3.63, 3.8) is 0 Å². The summed E-state index contributed by atoms with van der Waals surface area (Å²) in [6.45, 7) is 10.6. The van der Waals surface area contributed by atoms with E-state index in [1.54, 1.807) is 0 Å². The zero-order valence-corrected chi connectivity index (χ0v) is 18.2. The summed E-state index contributed by atoms with van der Waals surface area (Å²) in [6.07, 6.45) is 5.20. The van der Waals surface area contributed by atoms with Gasteiger partial charge in [-0.25, -0.2) is 4.98 Å². The number of nitrogens with zero attached hydrogens (tertiary/aromatic N) is 2. The largest absolute Gasteiger partial charge is 0.494 e. The molecular weight excluding hydrogens is 376 g/mol. The molecule has 0 bridgehead atoms. The number of aryl methyl sites for hydroxylation is 1. The third-order valence-electron chi connectivity index (χ3n) is 5.22. The molecule has 2 heterocycles. The van der Waals surface area contributed by atoms with Gasteiger partial charge in [0.25, 0.3) is 0 Å². The molecule has 1 aliphatic heterocycles. The van der Waals surface area contributed by atoms with Crippen LogP contribution in [0.1, 0.15) is 30.4 Å². The Balaban J connectivity index is 1.23. The van der Waals surface area contributed by atoms with E-state index < -0.39 is 0 Å². The lowest BCUT2D eigenvalue weighted by molar-refractivity contribution is 0.0368. The van der Waals surface area contributed by atoms with Gasteiger partial charge in [0.05, 0.1) is 19.8 Å². The molecule has 1 fully saturated rings. The van der Waals surface area contributed by atoms with E-state index in [0.29, 0.717) is 0 Å². The smallest absolute Gasteiger partial charge is 0.125 e. The molecule has 1 aromatic carbocycles. The van der Waals surface area contributed by atoms with E-state index in [1.807, 2.05) is 25.3 Å². The van der Waals surface area contributed by atoms with Crippen molar-refractivity contribution in [1.29, 1.82) is 0 Å². The summed E-state index contributed by atoms with van der Waals surface area (Å²) in [6, 6.07) is 12.5. The summed E-state index contributed by atoms with van der Waals surface area (Å²) in [5.74, 6) is 1.91. The summed E-state index contributed by atoms with van der Waals surface area (Å²) in [5.41, 5.74) is 2.44. The first-order valence-electron chi connectivity index (χ1n) is 11.2. The molecule has 0 aliphatic carbocycles. The number of ether oxygens (including phenoxy) is 2. The van der Waals surface area contributed by atoms with Gasteiger partial charge in [0.15, 0.2) is 0 Å². The lowest BCUT2D eigenvalue weighted by atomic mass is 10.2. The minimum absolute atomic E-state index is 0.778. The van der Waals surface area contributed by atoms with Crippen LogP contribution in [-0.4, -0.2) is 62.4 Å². The van der Waals surface area contributed by atoms with Crippen LogP contribution >= 0.6 is 0 Å². The van der Waals surface area contributed by atoms with Crippen LogP contribution in [0.25, 0.3) is 0 Å². The molecule has 2 aromatic rings. The van der Waals surface area contributed by atoms with Crippen molar-refractivity contribution >= 4 is 5.82 Å². The van der Waals surface area contributed by atoms with Crippen molar-refractivity contribution in [2.24, 2.45) is 0 Å². The van der Waals surface area contributed by atoms with Gasteiger partial charge in [-0.2, -0.15) is 0 Å². The average molecular weight is 413 g/mol. The van der Waals surface area contributed by atoms with E-state index in [0.717, 1.165) is 83.5 Å². The zero-order chi connectivity index (χ0) is 20.9. The van der Waals surface area contributed by atoms with Gasteiger partial charge in [0.1, 0.15) is 11.6 Å². The number of pyridine rings is 1. The highest BCUT2D eigenvalue weighted by atomic mass is 16.5. The Bertz CT molecular complexity index is 717. The molecule has 0 atom stereocenters. The second-order valence-corrected chi connectivity index (χ2v) is 7.83. The molecule has 6 heteroatoms. The van der Waals surface area contributed by atoms with Crippen molar-refractivity contribution in [3.05, 3.63) is 53.7 Å². The van der Waals surface area contributed by atoms with Crippen molar-refractivity contribution < 1.29 is 9.47 Å². The molecule has 0 spiro atoms. The Morgan fingerprint density at radius 1 is 1.07 bits per heavy atom. The lowest BCUT2D eigenvalue weighted by Gasteiger charge is -2.26. The molecule has 3 rings (SSSR count). The summed E-state index contributed by atoms with van der Waals surface area (Å²) in [4.78, 5) is 6.84. The molecule has 30 heavy (non-hydrogen) atoms. The van der Waals surface area contributed by atoms with Gasteiger partial charge in [-0.3, -0.25) is 4.90 Å². The van der Waals surface area contributed by atoms with Gasteiger partial charge in [-0.15, -0.1) is 0 Å². The van der Waals surface area contributed by atoms with Crippen LogP contribution in [0, 0.1) is 6.92 Å². The number of aromatic nitrogens is 1. The first-order chi connectivity index (χ1) is 14.8. The van der Waals surface area contributed by atoms with Crippen LogP contribution in [0.5, 0.6) is 5.75 Å². The predicted molar refractivity (Wildman–Crippen MR) is 122 cm³/mol. The first kappa shape index (κ1) is 22.5. The van der Waals surface area contributed by atoms with Crippen LogP contribution in [0.3, 0.4) is 0 Å². The monoisotopic (exact) mass is 412 g/mol.